The van der Waals surface area contributed by atoms with Crippen molar-refractivity contribution in [2.75, 3.05) is 6.54 Å². The number of hydrogen-bond acceptors (Lipinski definition) is 3. The molecule has 4 nitrogen and oxygen atoms in total. The zero-order valence-corrected chi connectivity index (χ0v) is 12.3. The van der Waals surface area contributed by atoms with Gasteiger partial charge in [-0.1, -0.05) is 13.8 Å². The Morgan fingerprint density at radius 2 is 1.79 bits per heavy atom. The highest BCUT2D eigenvalue weighted by atomic mass is 32.3. The van der Waals surface area contributed by atoms with Crippen LogP contribution in [0.15, 0.2) is 0 Å². The summed E-state index contributed by atoms with van der Waals surface area (Å²) in [5, 5.41) is -1.15. The van der Waals surface area contributed by atoms with Crippen LogP contribution in [0.2, 0.25) is 0 Å². The summed E-state index contributed by atoms with van der Waals surface area (Å²) >= 11 is 0. The number of likely N-dealkylation sites (tertiary alicyclic amines) is 1. The van der Waals surface area contributed by atoms with Crippen molar-refractivity contribution >= 4 is 16.1 Å². The Bertz CT molecular complexity index is 441. The summed E-state index contributed by atoms with van der Waals surface area (Å²) < 4.78 is 34.8. The van der Waals surface area contributed by atoms with E-state index in [0.29, 0.717) is 11.8 Å². The summed E-state index contributed by atoms with van der Waals surface area (Å²) in [4.78, 5) is 13.4. The van der Waals surface area contributed by atoms with E-state index >= 15 is 0 Å². The van der Waals surface area contributed by atoms with Gasteiger partial charge in [0.1, 0.15) is 5.25 Å². The monoisotopic (exact) mass is 291 g/mol. The minimum Gasteiger partial charge on any atom is -0.338 e. The Labute approximate surface area is 114 Å². The molecule has 1 saturated carbocycles. The predicted octanol–water partition coefficient (Wildman–Crippen LogP) is 2.10. The van der Waals surface area contributed by atoms with E-state index in [9.17, 15) is 17.1 Å². The van der Waals surface area contributed by atoms with Crippen LogP contribution in [0.4, 0.5) is 3.89 Å². The van der Waals surface area contributed by atoms with Crippen molar-refractivity contribution in [2.45, 2.75) is 57.2 Å². The number of nitrogens with zero attached hydrogens (tertiary/aromatic N) is 1. The van der Waals surface area contributed by atoms with E-state index < -0.39 is 15.5 Å². The van der Waals surface area contributed by atoms with E-state index in [0.717, 1.165) is 25.7 Å². The Morgan fingerprint density at radius 3 is 2.21 bits per heavy atom. The third-order valence-electron chi connectivity index (χ3n) is 4.65. The summed E-state index contributed by atoms with van der Waals surface area (Å²) in [5.41, 5.74) is 0. The first kappa shape index (κ1) is 14.8. The average Bonchev–Trinajstić information content (AvgIpc) is 2.71. The molecule has 1 aliphatic heterocycles. The van der Waals surface area contributed by atoms with Crippen LogP contribution in [0.3, 0.4) is 0 Å². The molecule has 0 N–H and O–H groups in total. The van der Waals surface area contributed by atoms with E-state index in [1.807, 2.05) is 0 Å². The maximum atomic E-state index is 13.0. The molecule has 0 aromatic rings. The fourth-order valence-electron chi connectivity index (χ4n) is 3.32. The number of halogens is 1. The van der Waals surface area contributed by atoms with Crippen molar-refractivity contribution in [2.24, 2.45) is 11.8 Å². The maximum Gasteiger partial charge on any atom is 0.307 e. The van der Waals surface area contributed by atoms with Crippen molar-refractivity contribution in [3.8, 4) is 0 Å². The third kappa shape index (κ3) is 3.27. The second-order valence-electron chi connectivity index (χ2n) is 6.16. The fourth-order valence-corrected chi connectivity index (χ4v) is 4.00. The van der Waals surface area contributed by atoms with Crippen LogP contribution < -0.4 is 0 Å². The molecule has 0 bridgehead atoms. The minimum absolute atomic E-state index is 0.0364. The van der Waals surface area contributed by atoms with Gasteiger partial charge in [-0.3, -0.25) is 4.79 Å². The van der Waals surface area contributed by atoms with Gasteiger partial charge in [-0.15, -0.1) is 3.89 Å². The van der Waals surface area contributed by atoms with Crippen LogP contribution in [0.25, 0.3) is 0 Å². The van der Waals surface area contributed by atoms with Gasteiger partial charge < -0.3 is 4.90 Å². The average molecular weight is 291 g/mol. The van der Waals surface area contributed by atoms with Crippen molar-refractivity contribution in [3.63, 3.8) is 0 Å². The molecule has 6 heteroatoms. The van der Waals surface area contributed by atoms with Crippen molar-refractivity contribution in [1.29, 1.82) is 0 Å². The Morgan fingerprint density at radius 1 is 1.21 bits per heavy atom. The van der Waals surface area contributed by atoms with Crippen LogP contribution in [0.5, 0.6) is 0 Å². The quantitative estimate of drug-likeness (QED) is 0.748. The Balaban J connectivity index is 1.95. The van der Waals surface area contributed by atoms with Gasteiger partial charge in [-0.25, -0.2) is 0 Å². The smallest absolute Gasteiger partial charge is 0.307 e. The van der Waals surface area contributed by atoms with E-state index in [4.69, 9.17) is 0 Å². The molecule has 1 atom stereocenters. The highest BCUT2D eigenvalue weighted by Crippen LogP contribution is 2.34. The number of rotatable bonds is 3. The van der Waals surface area contributed by atoms with Gasteiger partial charge in [0, 0.05) is 19.0 Å². The zero-order chi connectivity index (χ0) is 14.2. The van der Waals surface area contributed by atoms with Crippen LogP contribution in [-0.2, 0) is 15.0 Å². The molecule has 0 radical (unpaired) electrons. The largest absolute Gasteiger partial charge is 0.338 e. The molecule has 1 saturated heterocycles. The molecule has 1 unspecified atom stereocenters. The molecule has 1 heterocycles. The van der Waals surface area contributed by atoms with E-state index in [2.05, 4.69) is 13.8 Å². The minimum atomic E-state index is -4.59. The lowest BCUT2D eigenvalue weighted by Gasteiger charge is -2.36. The van der Waals surface area contributed by atoms with Crippen molar-refractivity contribution < 1.29 is 17.1 Å². The molecule has 0 aromatic carbocycles. The molecule has 110 valence electrons. The summed E-state index contributed by atoms with van der Waals surface area (Å²) in [6, 6.07) is 0.106. The van der Waals surface area contributed by atoms with Crippen LogP contribution in [0.1, 0.15) is 46.0 Å². The standard InChI is InChI=1S/C13H22FNO3S/c1-9(2)10-3-5-11(6-4-10)15-8-12(7-13(15)16)19(14,17)18/h9-12H,3-8H2,1-2H3. The second-order valence-corrected chi connectivity index (χ2v) is 7.78. The van der Waals surface area contributed by atoms with Crippen molar-refractivity contribution in [1.82, 2.24) is 4.90 Å². The first-order valence-corrected chi connectivity index (χ1v) is 8.46. The summed E-state index contributed by atoms with van der Waals surface area (Å²) in [5.74, 6) is 1.13. The van der Waals surface area contributed by atoms with E-state index in [1.165, 1.54) is 0 Å². The molecule has 2 fully saturated rings. The second kappa shape index (κ2) is 5.38. The number of hydrogen-bond donors (Lipinski definition) is 0. The molecule has 2 aliphatic rings. The molecule has 1 aliphatic carbocycles. The zero-order valence-electron chi connectivity index (χ0n) is 11.5. The SMILES string of the molecule is CC(C)C1CCC(N2CC(S(=O)(=O)F)CC2=O)CC1. The summed E-state index contributed by atoms with van der Waals surface area (Å²) in [7, 11) is -4.59. The highest BCUT2D eigenvalue weighted by Gasteiger charge is 2.42. The first-order valence-electron chi connectivity index (χ1n) is 7.02. The number of carbonyl (C=O) groups excluding carboxylic acids is 1. The Hall–Kier alpha value is -0.650. The summed E-state index contributed by atoms with van der Waals surface area (Å²) in [6.07, 6.45) is 3.77. The van der Waals surface area contributed by atoms with Crippen LogP contribution >= 0.6 is 0 Å². The molecule has 1 amide bonds. The van der Waals surface area contributed by atoms with Gasteiger partial charge in [0.2, 0.25) is 5.91 Å². The number of amides is 1. The molecule has 19 heavy (non-hydrogen) atoms. The highest BCUT2D eigenvalue weighted by molar-refractivity contribution is 7.87. The predicted molar refractivity (Wildman–Crippen MR) is 70.7 cm³/mol. The van der Waals surface area contributed by atoms with Gasteiger partial charge in [-0.05, 0) is 37.5 Å². The lowest BCUT2D eigenvalue weighted by atomic mass is 9.79. The van der Waals surface area contributed by atoms with Crippen molar-refractivity contribution in [3.05, 3.63) is 0 Å². The van der Waals surface area contributed by atoms with Gasteiger partial charge in [0.05, 0.1) is 0 Å². The van der Waals surface area contributed by atoms with E-state index in [-0.39, 0.29) is 24.9 Å². The summed E-state index contributed by atoms with van der Waals surface area (Å²) in [6.45, 7) is 4.45. The number of carbonyl (C=O) groups is 1. The molecule has 0 aromatic heterocycles. The first-order chi connectivity index (χ1) is 8.79. The van der Waals surface area contributed by atoms with Gasteiger partial charge in [0.15, 0.2) is 0 Å². The fraction of sp³-hybridized carbons (Fsp3) is 0.923. The molecule has 2 rings (SSSR count). The molecule has 0 spiro atoms. The Kier molecular flexibility index (Phi) is 4.18. The third-order valence-corrected chi connectivity index (χ3v) is 5.76. The van der Waals surface area contributed by atoms with Gasteiger partial charge in [0.25, 0.3) is 0 Å². The lowest BCUT2D eigenvalue weighted by Crippen LogP contribution is -2.40. The molecular weight excluding hydrogens is 269 g/mol. The van der Waals surface area contributed by atoms with Crippen LogP contribution in [-0.4, -0.2) is 37.1 Å². The lowest BCUT2D eigenvalue weighted by molar-refractivity contribution is -0.130. The topological polar surface area (TPSA) is 54.5 Å². The van der Waals surface area contributed by atoms with Gasteiger partial charge in [-0.2, -0.15) is 8.42 Å². The maximum absolute atomic E-state index is 13.0. The van der Waals surface area contributed by atoms with E-state index in [1.54, 1.807) is 4.90 Å². The normalized spacial score (nSPS) is 33.2. The van der Waals surface area contributed by atoms with Crippen LogP contribution in [0, 0.1) is 11.8 Å². The van der Waals surface area contributed by atoms with Gasteiger partial charge >= 0.3 is 10.2 Å². The molecular formula is C13H22FNO3S.